The first-order chi connectivity index (χ1) is 8.17. The molecule has 2 rings (SSSR count). The number of nitrogens with two attached hydrogens (primary N) is 1. The maximum absolute atomic E-state index is 11.8. The van der Waals surface area contributed by atoms with Crippen LogP contribution in [0.5, 0.6) is 0 Å². The molecular weight excluding hydrogens is 244 g/mol. The van der Waals surface area contributed by atoms with Gasteiger partial charge in [0.05, 0.1) is 10.4 Å². The lowest BCUT2D eigenvalue weighted by atomic mass is 9.96. The van der Waals surface area contributed by atoms with Crippen LogP contribution >= 0.6 is 11.8 Å². The molecule has 18 heavy (non-hydrogen) atoms. The summed E-state index contributed by atoms with van der Waals surface area (Å²) in [5, 5.41) is 2.95. The Morgan fingerprint density at radius 1 is 1.39 bits per heavy atom. The van der Waals surface area contributed by atoms with E-state index in [2.05, 4.69) is 11.4 Å². The van der Waals surface area contributed by atoms with E-state index >= 15 is 0 Å². The zero-order valence-electron chi connectivity index (χ0n) is 11.3. The molecular formula is C14H20N2OS. The number of amides is 1. The quantitative estimate of drug-likeness (QED) is 0.863. The number of fused-ring (bicyclic) bond motifs is 1. The molecule has 0 saturated heterocycles. The van der Waals surface area contributed by atoms with Crippen molar-refractivity contribution in [3.05, 3.63) is 23.8 Å². The lowest BCUT2D eigenvalue weighted by Gasteiger charge is -2.30. The van der Waals surface area contributed by atoms with E-state index in [1.807, 2.05) is 39.8 Å². The summed E-state index contributed by atoms with van der Waals surface area (Å²) in [5.41, 5.74) is 7.94. The summed E-state index contributed by atoms with van der Waals surface area (Å²) in [5.74, 6) is 0.0619. The fourth-order valence-corrected chi connectivity index (χ4v) is 3.12. The predicted octanol–water partition coefficient (Wildman–Crippen LogP) is 2.79. The molecule has 1 aliphatic rings. The minimum atomic E-state index is -0.413. The van der Waals surface area contributed by atoms with E-state index in [9.17, 15) is 4.79 Å². The average Bonchev–Trinajstić information content (AvgIpc) is 2.17. The molecule has 0 aromatic heterocycles. The Bertz CT molecular complexity index is 489. The monoisotopic (exact) mass is 264 g/mol. The Hall–Kier alpha value is -1.00. The second-order valence-electron chi connectivity index (χ2n) is 6.06. The van der Waals surface area contributed by atoms with Crippen LogP contribution in [0.1, 0.15) is 33.3 Å². The van der Waals surface area contributed by atoms with Gasteiger partial charge in [-0.1, -0.05) is 6.07 Å². The van der Waals surface area contributed by atoms with Crippen molar-refractivity contribution in [2.75, 3.05) is 5.32 Å². The Balaban J connectivity index is 2.31. The molecule has 0 unspecified atom stereocenters. The number of thioether (sulfide) groups is 1. The largest absolute Gasteiger partial charge is 0.325 e. The Kier molecular flexibility index (Phi) is 3.19. The first-order valence-corrected chi connectivity index (χ1v) is 6.91. The zero-order valence-corrected chi connectivity index (χ0v) is 12.1. The van der Waals surface area contributed by atoms with Crippen molar-refractivity contribution in [1.29, 1.82) is 0 Å². The van der Waals surface area contributed by atoms with E-state index in [4.69, 9.17) is 5.73 Å². The zero-order chi connectivity index (χ0) is 13.6. The number of carbonyl (C=O) groups excluding carboxylic acids is 1. The summed E-state index contributed by atoms with van der Waals surface area (Å²) in [7, 11) is 0. The maximum Gasteiger partial charge on any atom is 0.240 e. The minimum Gasteiger partial charge on any atom is -0.325 e. The Morgan fingerprint density at radius 2 is 2.06 bits per heavy atom. The first-order valence-electron chi connectivity index (χ1n) is 6.10. The summed E-state index contributed by atoms with van der Waals surface area (Å²) >= 11 is 1.61. The van der Waals surface area contributed by atoms with Crippen LogP contribution in [-0.4, -0.2) is 16.2 Å². The lowest BCUT2D eigenvalue weighted by molar-refractivity contribution is -0.117. The van der Waals surface area contributed by atoms with E-state index in [1.165, 1.54) is 5.56 Å². The minimum absolute atomic E-state index is 0.0619. The number of hydrogen-bond donors (Lipinski definition) is 2. The summed E-state index contributed by atoms with van der Waals surface area (Å²) < 4.78 is -0.413. The number of carbonyl (C=O) groups is 1. The molecule has 1 heterocycles. The van der Waals surface area contributed by atoms with Crippen molar-refractivity contribution in [2.45, 2.75) is 49.3 Å². The third kappa shape index (κ3) is 2.87. The van der Waals surface area contributed by atoms with Gasteiger partial charge in [-0.05, 0) is 51.8 Å². The number of anilines is 1. The number of benzene rings is 1. The fraction of sp³-hybridized carbons (Fsp3) is 0.500. The number of rotatable bonds is 2. The van der Waals surface area contributed by atoms with Crippen LogP contribution < -0.4 is 11.1 Å². The van der Waals surface area contributed by atoms with Gasteiger partial charge in [-0.2, -0.15) is 0 Å². The van der Waals surface area contributed by atoms with Crippen molar-refractivity contribution in [3.63, 3.8) is 0 Å². The van der Waals surface area contributed by atoms with Gasteiger partial charge in [-0.15, -0.1) is 11.8 Å². The molecule has 1 aromatic rings. The van der Waals surface area contributed by atoms with Crippen LogP contribution in [0.2, 0.25) is 0 Å². The standard InChI is InChI=1S/C14H20N2OS/c1-13(2,15)8-9-5-6-10-11(7-9)18-14(3,4)12(17)16-10/h5-7H,8,15H2,1-4H3,(H,16,17). The van der Waals surface area contributed by atoms with Crippen LogP contribution in [0.3, 0.4) is 0 Å². The first kappa shape index (κ1) is 13.4. The molecule has 0 fully saturated rings. The Labute approximate surface area is 113 Å². The van der Waals surface area contributed by atoms with Crippen molar-refractivity contribution < 1.29 is 4.79 Å². The van der Waals surface area contributed by atoms with Gasteiger partial charge >= 0.3 is 0 Å². The van der Waals surface area contributed by atoms with E-state index < -0.39 is 4.75 Å². The molecule has 98 valence electrons. The van der Waals surface area contributed by atoms with E-state index in [0.29, 0.717) is 0 Å². The van der Waals surface area contributed by atoms with E-state index in [1.54, 1.807) is 11.8 Å². The van der Waals surface area contributed by atoms with Gasteiger partial charge in [0.1, 0.15) is 0 Å². The van der Waals surface area contributed by atoms with Gasteiger partial charge in [-0.25, -0.2) is 0 Å². The second-order valence-corrected chi connectivity index (χ2v) is 7.73. The van der Waals surface area contributed by atoms with Crippen LogP contribution in [-0.2, 0) is 11.2 Å². The van der Waals surface area contributed by atoms with Gasteiger partial charge in [0.15, 0.2) is 0 Å². The van der Waals surface area contributed by atoms with Crippen LogP contribution in [0, 0.1) is 0 Å². The normalized spacial score (nSPS) is 18.2. The third-order valence-corrected chi connectivity index (χ3v) is 4.12. The fourth-order valence-electron chi connectivity index (χ4n) is 1.98. The smallest absolute Gasteiger partial charge is 0.240 e. The molecule has 0 bridgehead atoms. The topological polar surface area (TPSA) is 55.1 Å². The van der Waals surface area contributed by atoms with Gasteiger partial charge in [-0.3, -0.25) is 4.79 Å². The maximum atomic E-state index is 11.8. The number of nitrogens with one attached hydrogen (secondary N) is 1. The highest BCUT2D eigenvalue weighted by Gasteiger charge is 2.34. The molecule has 0 radical (unpaired) electrons. The summed E-state index contributed by atoms with van der Waals surface area (Å²) in [6, 6.07) is 6.14. The predicted molar refractivity (Wildman–Crippen MR) is 77.0 cm³/mol. The summed E-state index contributed by atoms with van der Waals surface area (Å²) in [4.78, 5) is 13.0. The van der Waals surface area contributed by atoms with Gasteiger partial charge in [0.2, 0.25) is 5.91 Å². The highest BCUT2D eigenvalue weighted by Crippen LogP contribution is 2.42. The highest BCUT2D eigenvalue weighted by molar-refractivity contribution is 8.01. The molecule has 0 saturated carbocycles. The molecule has 0 atom stereocenters. The van der Waals surface area contributed by atoms with Crippen molar-refractivity contribution in [2.24, 2.45) is 5.73 Å². The van der Waals surface area contributed by atoms with Crippen molar-refractivity contribution in [1.82, 2.24) is 0 Å². The van der Waals surface area contributed by atoms with Crippen molar-refractivity contribution in [3.8, 4) is 0 Å². The van der Waals surface area contributed by atoms with E-state index in [-0.39, 0.29) is 11.4 Å². The highest BCUT2D eigenvalue weighted by atomic mass is 32.2. The summed E-state index contributed by atoms with van der Waals surface area (Å²) in [6.07, 6.45) is 0.829. The second kappa shape index (κ2) is 4.28. The Morgan fingerprint density at radius 3 is 2.67 bits per heavy atom. The molecule has 3 nitrogen and oxygen atoms in total. The molecule has 1 aliphatic heterocycles. The number of hydrogen-bond acceptors (Lipinski definition) is 3. The van der Waals surface area contributed by atoms with Crippen LogP contribution in [0.25, 0.3) is 0 Å². The van der Waals surface area contributed by atoms with Crippen molar-refractivity contribution >= 4 is 23.4 Å². The van der Waals surface area contributed by atoms with Crippen LogP contribution in [0.15, 0.2) is 23.1 Å². The molecule has 1 amide bonds. The molecule has 4 heteroatoms. The SMILES string of the molecule is CC(C)(N)Cc1ccc2c(c1)SC(C)(C)C(=O)N2. The summed E-state index contributed by atoms with van der Waals surface area (Å²) in [6.45, 7) is 7.92. The molecule has 0 aliphatic carbocycles. The lowest BCUT2D eigenvalue weighted by Crippen LogP contribution is -2.37. The van der Waals surface area contributed by atoms with Gasteiger partial charge < -0.3 is 11.1 Å². The molecule has 3 N–H and O–H groups in total. The third-order valence-electron chi connectivity index (χ3n) is 2.87. The average molecular weight is 264 g/mol. The molecule has 1 aromatic carbocycles. The van der Waals surface area contributed by atoms with Gasteiger partial charge in [0, 0.05) is 10.4 Å². The van der Waals surface area contributed by atoms with E-state index in [0.717, 1.165) is 17.0 Å². The van der Waals surface area contributed by atoms with Gasteiger partial charge in [0.25, 0.3) is 0 Å². The van der Waals surface area contributed by atoms with Crippen LogP contribution in [0.4, 0.5) is 5.69 Å². The molecule has 0 spiro atoms.